The molecule has 2 heterocycles. The molecule has 1 aliphatic rings. The van der Waals surface area contributed by atoms with Gasteiger partial charge in [-0.05, 0) is 63.6 Å². The Hall–Kier alpha value is -3.20. The van der Waals surface area contributed by atoms with Crippen molar-refractivity contribution in [2.24, 2.45) is 0 Å². The van der Waals surface area contributed by atoms with Crippen molar-refractivity contribution in [1.82, 2.24) is 9.47 Å². The highest BCUT2D eigenvalue weighted by Gasteiger charge is 2.26. The first kappa shape index (κ1) is 17.9. The fourth-order valence-electron chi connectivity index (χ4n) is 4.67. The monoisotopic (exact) mass is 381 g/mol. The lowest BCUT2D eigenvalue weighted by atomic mass is 10.1. The van der Waals surface area contributed by atoms with Crippen LogP contribution in [0.5, 0.6) is 0 Å². The molecule has 0 fully saturated rings. The molecule has 0 aliphatic carbocycles. The first-order valence-corrected chi connectivity index (χ1v) is 10.4. The molecule has 0 spiro atoms. The SMILES string of the molecule is Cc1cc2c3ccccc3n(-c3ccccc3)c2cc1N1C=CN(C(C)C)[C@@H]1C. The van der Waals surface area contributed by atoms with Crippen molar-refractivity contribution in [1.29, 1.82) is 0 Å². The molecule has 0 radical (unpaired) electrons. The van der Waals surface area contributed by atoms with Gasteiger partial charge in [0.05, 0.1) is 11.0 Å². The van der Waals surface area contributed by atoms with Gasteiger partial charge in [0, 0.05) is 40.6 Å². The van der Waals surface area contributed by atoms with Crippen LogP contribution in [0.15, 0.2) is 79.1 Å². The maximum Gasteiger partial charge on any atom is 0.103 e. The predicted molar refractivity (Wildman–Crippen MR) is 124 cm³/mol. The van der Waals surface area contributed by atoms with Crippen LogP contribution in [0, 0.1) is 6.92 Å². The van der Waals surface area contributed by atoms with Gasteiger partial charge >= 0.3 is 0 Å². The van der Waals surface area contributed by atoms with Gasteiger partial charge in [-0.3, -0.25) is 0 Å². The van der Waals surface area contributed by atoms with E-state index in [2.05, 4.69) is 121 Å². The first-order valence-electron chi connectivity index (χ1n) is 10.4. The zero-order valence-corrected chi connectivity index (χ0v) is 17.5. The molecule has 1 aliphatic heterocycles. The minimum atomic E-state index is 0.306. The Balaban J connectivity index is 1.77. The molecule has 0 N–H and O–H groups in total. The predicted octanol–water partition coefficient (Wildman–Crippen LogP) is 6.44. The molecular weight excluding hydrogens is 354 g/mol. The number of rotatable bonds is 3. The second-order valence-electron chi connectivity index (χ2n) is 8.22. The summed E-state index contributed by atoms with van der Waals surface area (Å²) < 4.78 is 2.39. The smallest absolute Gasteiger partial charge is 0.103 e. The van der Waals surface area contributed by atoms with Crippen molar-refractivity contribution in [3.05, 3.63) is 84.7 Å². The summed E-state index contributed by atoms with van der Waals surface area (Å²) in [5.74, 6) is 0. The van der Waals surface area contributed by atoms with E-state index in [0.29, 0.717) is 12.2 Å². The molecule has 3 heteroatoms. The van der Waals surface area contributed by atoms with Crippen LogP contribution < -0.4 is 4.90 Å². The highest BCUT2D eigenvalue weighted by atomic mass is 15.4. The molecular formula is C26H27N3. The fraction of sp³-hybridized carbons (Fsp3) is 0.231. The van der Waals surface area contributed by atoms with Gasteiger partial charge in [-0.25, -0.2) is 0 Å². The highest BCUT2D eigenvalue weighted by Crippen LogP contribution is 2.38. The lowest BCUT2D eigenvalue weighted by molar-refractivity contribution is 0.263. The maximum atomic E-state index is 2.40. The van der Waals surface area contributed by atoms with Crippen LogP contribution in [0.3, 0.4) is 0 Å². The minimum Gasteiger partial charge on any atom is -0.353 e. The van der Waals surface area contributed by atoms with Crippen LogP contribution >= 0.6 is 0 Å². The van der Waals surface area contributed by atoms with Gasteiger partial charge in [-0.15, -0.1) is 0 Å². The fourth-order valence-corrected chi connectivity index (χ4v) is 4.67. The molecule has 4 aromatic rings. The lowest BCUT2D eigenvalue weighted by Crippen LogP contribution is -2.39. The van der Waals surface area contributed by atoms with E-state index in [1.54, 1.807) is 0 Å². The summed E-state index contributed by atoms with van der Waals surface area (Å²) in [5.41, 5.74) is 6.27. The molecule has 0 unspecified atom stereocenters. The van der Waals surface area contributed by atoms with Gasteiger partial charge in [-0.1, -0.05) is 36.4 Å². The standard InChI is InChI=1S/C26H27N3/c1-18(2)27-14-15-28(20(27)4)25-17-26-23(16-19(25)3)22-12-8-9-13-24(22)29(26)21-10-6-5-7-11-21/h5-18,20H,1-4H3/t20-/m0/s1. The van der Waals surface area contributed by atoms with Crippen LogP contribution in [0.2, 0.25) is 0 Å². The third-order valence-electron chi connectivity index (χ3n) is 6.11. The van der Waals surface area contributed by atoms with E-state index in [-0.39, 0.29) is 0 Å². The Labute approximate surface area is 172 Å². The van der Waals surface area contributed by atoms with Crippen LogP contribution in [-0.2, 0) is 0 Å². The van der Waals surface area contributed by atoms with Gasteiger partial charge in [0.2, 0.25) is 0 Å². The number of nitrogens with zero attached hydrogens (tertiary/aromatic N) is 3. The Morgan fingerprint density at radius 2 is 1.52 bits per heavy atom. The molecule has 1 aromatic heterocycles. The summed E-state index contributed by atoms with van der Waals surface area (Å²) in [6, 6.07) is 24.6. The second-order valence-corrected chi connectivity index (χ2v) is 8.22. The topological polar surface area (TPSA) is 11.4 Å². The zero-order valence-electron chi connectivity index (χ0n) is 17.5. The molecule has 3 nitrogen and oxygen atoms in total. The van der Waals surface area contributed by atoms with Crippen LogP contribution in [0.25, 0.3) is 27.5 Å². The molecule has 29 heavy (non-hydrogen) atoms. The average molecular weight is 382 g/mol. The molecule has 5 rings (SSSR count). The summed E-state index contributed by atoms with van der Waals surface area (Å²) >= 11 is 0. The summed E-state index contributed by atoms with van der Waals surface area (Å²) in [6.07, 6.45) is 4.74. The van der Waals surface area contributed by atoms with E-state index >= 15 is 0 Å². The number of benzene rings is 3. The third kappa shape index (κ3) is 2.72. The van der Waals surface area contributed by atoms with Gasteiger partial charge < -0.3 is 14.4 Å². The summed E-state index contributed by atoms with van der Waals surface area (Å²) in [7, 11) is 0. The van der Waals surface area contributed by atoms with Gasteiger partial charge in [-0.2, -0.15) is 0 Å². The van der Waals surface area contributed by atoms with E-state index in [4.69, 9.17) is 0 Å². The van der Waals surface area contributed by atoms with E-state index in [0.717, 1.165) is 0 Å². The highest BCUT2D eigenvalue weighted by molar-refractivity contribution is 6.10. The number of aryl methyl sites for hydroxylation is 1. The molecule has 0 saturated heterocycles. The normalized spacial score (nSPS) is 16.7. The van der Waals surface area contributed by atoms with Crippen molar-refractivity contribution in [2.45, 2.75) is 39.9 Å². The van der Waals surface area contributed by atoms with Crippen LogP contribution in [-0.4, -0.2) is 21.7 Å². The van der Waals surface area contributed by atoms with Gasteiger partial charge in [0.25, 0.3) is 0 Å². The number of anilines is 1. The number of fused-ring (bicyclic) bond motifs is 3. The second kappa shape index (κ2) is 6.70. The number of aromatic nitrogens is 1. The maximum absolute atomic E-state index is 2.40. The molecule has 146 valence electrons. The number of hydrogen-bond acceptors (Lipinski definition) is 2. The number of hydrogen-bond donors (Lipinski definition) is 0. The van der Waals surface area contributed by atoms with Crippen molar-refractivity contribution in [3.63, 3.8) is 0 Å². The Morgan fingerprint density at radius 1 is 0.793 bits per heavy atom. The molecule has 0 bridgehead atoms. The van der Waals surface area contributed by atoms with Crippen molar-refractivity contribution >= 4 is 27.5 Å². The summed E-state index contributed by atoms with van der Waals surface area (Å²) in [5, 5.41) is 2.61. The van der Waals surface area contributed by atoms with Crippen molar-refractivity contribution in [2.75, 3.05) is 4.90 Å². The Bertz CT molecular complexity index is 1220. The Morgan fingerprint density at radius 3 is 2.24 bits per heavy atom. The van der Waals surface area contributed by atoms with Gasteiger partial charge in [0.1, 0.15) is 6.17 Å². The Kier molecular flexibility index (Phi) is 4.13. The van der Waals surface area contributed by atoms with E-state index in [1.807, 2.05) is 0 Å². The minimum absolute atomic E-state index is 0.306. The molecule has 0 amide bonds. The third-order valence-corrected chi connectivity index (χ3v) is 6.11. The van der Waals surface area contributed by atoms with E-state index in [1.165, 1.54) is 38.7 Å². The average Bonchev–Trinajstić information content (AvgIpc) is 3.26. The molecule has 0 saturated carbocycles. The largest absolute Gasteiger partial charge is 0.353 e. The van der Waals surface area contributed by atoms with Crippen molar-refractivity contribution in [3.8, 4) is 5.69 Å². The number of para-hydroxylation sites is 2. The molecule has 3 aromatic carbocycles. The van der Waals surface area contributed by atoms with Crippen molar-refractivity contribution < 1.29 is 0 Å². The summed E-state index contributed by atoms with van der Waals surface area (Å²) in [4.78, 5) is 4.79. The lowest BCUT2D eigenvalue weighted by Gasteiger charge is -2.33. The zero-order chi connectivity index (χ0) is 20.1. The van der Waals surface area contributed by atoms with Crippen LogP contribution in [0.1, 0.15) is 26.3 Å². The summed E-state index contributed by atoms with van der Waals surface area (Å²) in [6.45, 7) is 8.99. The van der Waals surface area contributed by atoms with E-state index in [9.17, 15) is 0 Å². The quantitative estimate of drug-likeness (QED) is 0.404. The molecule has 1 atom stereocenters. The van der Waals surface area contributed by atoms with E-state index < -0.39 is 0 Å². The van der Waals surface area contributed by atoms with Crippen LogP contribution in [0.4, 0.5) is 5.69 Å². The first-order chi connectivity index (χ1) is 14.1. The van der Waals surface area contributed by atoms with Gasteiger partial charge in [0.15, 0.2) is 0 Å².